The molecule has 0 unspecified atom stereocenters. The van der Waals surface area contributed by atoms with Crippen LogP contribution in [0.25, 0.3) is 10.2 Å². The molecule has 0 spiro atoms. The van der Waals surface area contributed by atoms with Crippen LogP contribution in [-0.4, -0.2) is 31.0 Å². The molecule has 3 aromatic heterocycles. The van der Waals surface area contributed by atoms with E-state index in [4.69, 9.17) is 4.98 Å². The maximum Gasteiger partial charge on any atom is 0.259 e. The summed E-state index contributed by atoms with van der Waals surface area (Å²) in [6, 6.07) is 0.0558. The van der Waals surface area contributed by atoms with Crippen LogP contribution in [0.5, 0.6) is 0 Å². The lowest BCUT2D eigenvalue weighted by Crippen LogP contribution is -2.36. The van der Waals surface area contributed by atoms with E-state index in [1.165, 1.54) is 0 Å². The standard InChI is InChI=1S/C16H19N5OS/c1-9-11(3)23-16-13(9)15(22)18-14(19-16)10(2)21-7-6-20-5-4-17-12(20)8-21/h4-5,10H,6-8H2,1-3H3,(H,18,19,22)/t10-/m1/s1. The van der Waals surface area contributed by atoms with Gasteiger partial charge in [0.2, 0.25) is 0 Å². The maximum absolute atomic E-state index is 12.5. The second-order valence-corrected chi connectivity index (χ2v) is 7.30. The number of nitrogens with zero attached hydrogens (tertiary/aromatic N) is 4. The smallest absolute Gasteiger partial charge is 0.259 e. The largest absolute Gasteiger partial charge is 0.333 e. The van der Waals surface area contributed by atoms with Crippen molar-refractivity contribution < 1.29 is 0 Å². The van der Waals surface area contributed by atoms with Crippen LogP contribution in [-0.2, 0) is 13.1 Å². The molecule has 0 saturated heterocycles. The highest BCUT2D eigenvalue weighted by Gasteiger charge is 2.24. The van der Waals surface area contributed by atoms with Crippen molar-refractivity contribution in [2.45, 2.75) is 39.9 Å². The minimum atomic E-state index is -0.0304. The fourth-order valence-electron chi connectivity index (χ4n) is 3.16. The second kappa shape index (κ2) is 5.28. The van der Waals surface area contributed by atoms with Gasteiger partial charge in [0.1, 0.15) is 16.5 Å². The Bertz CT molecular complexity index is 938. The zero-order valence-electron chi connectivity index (χ0n) is 13.5. The van der Waals surface area contributed by atoms with Gasteiger partial charge in [0.15, 0.2) is 0 Å². The van der Waals surface area contributed by atoms with Gasteiger partial charge in [0.25, 0.3) is 5.56 Å². The molecule has 0 aromatic carbocycles. The Hall–Kier alpha value is -1.99. The number of rotatable bonds is 2. The molecule has 3 aromatic rings. The molecule has 0 fully saturated rings. The zero-order valence-corrected chi connectivity index (χ0v) is 14.3. The Morgan fingerprint density at radius 1 is 1.35 bits per heavy atom. The molecule has 1 aliphatic heterocycles. The fourth-order valence-corrected chi connectivity index (χ4v) is 4.20. The Morgan fingerprint density at radius 2 is 2.17 bits per heavy atom. The van der Waals surface area contributed by atoms with Gasteiger partial charge in [-0.2, -0.15) is 0 Å². The first-order valence-corrected chi connectivity index (χ1v) is 8.60. The average Bonchev–Trinajstić information content (AvgIpc) is 3.11. The van der Waals surface area contributed by atoms with E-state index in [0.29, 0.717) is 0 Å². The summed E-state index contributed by atoms with van der Waals surface area (Å²) in [7, 11) is 0. The van der Waals surface area contributed by atoms with E-state index >= 15 is 0 Å². The predicted molar refractivity (Wildman–Crippen MR) is 90.8 cm³/mol. The highest BCUT2D eigenvalue weighted by Crippen LogP contribution is 2.28. The van der Waals surface area contributed by atoms with E-state index in [2.05, 4.69) is 26.4 Å². The van der Waals surface area contributed by atoms with Crippen LogP contribution in [0.15, 0.2) is 17.2 Å². The average molecular weight is 329 g/mol. The minimum absolute atomic E-state index is 0.0304. The van der Waals surface area contributed by atoms with Gasteiger partial charge in [0.05, 0.1) is 18.0 Å². The molecule has 1 atom stereocenters. The van der Waals surface area contributed by atoms with E-state index in [1.807, 2.05) is 26.2 Å². The van der Waals surface area contributed by atoms with Crippen molar-refractivity contribution in [1.29, 1.82) is 0 Å². The molecule has 23 heavy (non-hydrogen) atoms. The summed E-state index contributed by atoms with van der Waals surface area (Å²) in [5, 5.41) is 0.734. The number of hydrogen-bond acceptors (Lipinski definition) is 5. The monoisotopic (exact) mass is 329 g/mol. The third kappa shape index (κ3) is 2.31. The molecule has 0 amide bonds. The highest BCUT2D eigenvalue weighted by molar-refractivity contribution is 7.18. The second-order valence-electron chi connectivity index (χ2n) is 6.10. The Morgan fingerprint density at radius 3 is 3.00 bits per heavy atom. The molecule has 4 heterocycles. The molecule has 0 radical (unpaired) electrons. The summed E-state index contributed by atoms with van der Waals surface area (Å²) < 4.78 is 2.18. The van der Waals surface area contributed by atoms with Crippen molar-refractivity contribution in [3.8, 4) is 0 Å². The predicted octanol–water partition coefficient (Wildman–Crippen LogP) is 2.37. The number of fused-ring (bicyclic) bond motifs is 2. The first-order valence-electron chi connectivity index (χ1n) is 7.78. The third-order valence-corrected chi connectivity index (χ3v) is 5.88. The topological polar surface area (TPSA) is 66.8 Å². The number of thiophene rings is 1. The van der Waals surface area contributed by atoms with Gasteiger partial charge >= 0.3 is 0 Å². The number of H-pyrrole nitrogens is 1. The summed E-state index contributed by atoms with van der Waals surface area (Å²) >= 11 is 1.60. The van der Waals surface area contributed by atoms with Crippen LogP contribution >= 0.6 is 11.3 Å². The van der Waals surface area contributed by atoms with Gasteiger partial charge in [-0.25, -0.2) is 9.97 Å². The van der Waals surface area contributed by atoms with Crippen molar-refractivity contribution >= 4 is 21.6 Å². The Labute approximate surface area is 137 Å². The lowest BCUT2D eigenvalue weighted by Gasteiger charge is -2.32. The van der Waals surface area contributed by atoms with Gasteiger partial charge in [-0.15, -0.1) is 11.3 Å². The summed E-state index contributed by atoms with van der Waals surface area (Å²) in [4.78, 5) is 28.9. The first kappa shape index (κ1) is 14.6. The molecule has 0 saturated carbocycles. The first-order chi connectivity index (χ1) is 11.0. The number of hydrogen-bond donors (Lipinski definition) is 1. The molecular weight excluding hydrogens is 310 g/mol. The molecule has 4 rings (SSSR count). The number of aromatic nitrogens is 4. The summed E-state index contributed by atoms with van der Waals surface area (Å²) in [6.07, 6.45) is 3.85. The minimum Gasteiger partial charge on any atom is -0.333 e. The van der Waals surface area contributed by atoms with Crippen LogP contribution in [0, 0.1) is 13.8 Å². The van der Waals surface area contributed by atoms with Crippen LogP contribution in [0.1, 0.15) is 35.1 Å². The number of nitrogens with one attached hydrogen (secondary N) is 1. The van der Waals surface area contributed by atoms with Crippen molar-refractivity contribution in [2.24, 2.45) is 0 Å². The zero-order chi connectivity index (χ0) is 16.1. The van der Waals surface area contributed by atoms with Crippen LogP contribution in [0.3, 0.4) is 0 Å². The maximum atomic E-state index is 12.5. The normalized spacial score (nSPS) is 16.7. The molecule has 0 bridgehead atoms. The molecular formula is C16H19N5OS. The van der Waals surface area contributed by atoms with Crippen LogP contribution in [0.4, 0.5) is 0 Å². The SMILES string of the molecule is Cc1sc2nc([C@@H](C)N3CCn4ccnc4C3)[nH]c(=O)c2c1C. The van der Waals surface area contributed by atoms with Gasteiger partial charge in [0, 0.05) is 30.4 Å². The molecule has 1 N–H and O–H groups in total. The van der Waals surface area contributed by atoms with Crippen LogP contribution < -0.4 is 5.56 Å². The summed E-state index contributed by atoms with van der Waals surface area (Å²) in [6.45, 7) is 8.74. The number of aromatic amines is 1. The molecule has 1 aliphatic rings. The van der Waals surface area contributed by atoms with Gasteiger partial charge in [-0.3, -0.25) is 9.69 Å². The van der Waals surface area contributed by atoms with Crippen molar-refractivity contribution in [3.05, 3.63) is 44.8 Å². The summed E-state index contributed by atoms with van der Waals surface area (Å²) in [5.74, 6) is 1.80. The van der Waals surface area contributed by atoms with E-state index in [1.54, 1.807) is 11.3 Å². The highest BCUT2D eigenvalue weighted by atomic mass is 32.1. The fraction of sp³-hybridized carbons (Fsp3) is 0.438. The van der Waals surface area contributed by atoms with Gasteiger partial charge in [-0.05, 0) is 26.3 Å². The van der Waals surface area contributed by atoms with E-state index in [0.717, 1.165) is 51.9 Å². The molecule has 7 heteroatoms. The number of aryl methyl sites for hydroxylation is 2. The Balaban J connectivity index is 1.70. The quantitative estimate of drug-likeness (QED) is 0.784. The third-order valence-electron chi connectivity index (χ3n) is 4.78. The Kier molecular flexibility index (Phi) is 3.35. The van der Waals surface area contributed by atoms with E-state index in [9.17, 15) is 4.79 Å². The van der Waals surface area contributed by atoms with Crippen molar-refractivity contribution in [1.82, 2.24) is 24.4 Å². The lowest BCUT2D eigenvalue weighted by molar-refractivity contribution is 0.157. The number of imidazole rings is 1. The van der Waals surface area contributed by atoms with Crippen LogP contribution in [0.2, 0.25) is 0 Å². The van der Waals surface area contributed by atoms with E-state index in [-0.39, 0.29) is 11.6 Å². The molecule has 0 aliphatic carbocycles. The summed E-state index contributed by atoms with van der Waals surface area (Å²) in [5.41, 5.74) is 1.01. The molecule has 120 valence electrons. The lowest BCUT2D eigenvalue weighted by atomic mass is 10.2. The van der Waals surface area contributed by atoms with Crippen molar-refractivity contribution in [3.63, 3.8) is 0 Å². The van der Waals surface area contributed by atoms with Gasteiger partial charge in [-0.1, -0.05) is 0 Å². The molecule has 6 nitrogen and oxygen atoms in total. The van der Waals surface area contributed by atoms with E-state index < -0.39 is 0 Å². The van der Waals surface area contributed by atoms with Gasteiger partial charge < -0.3 is 9.55 Å². The van der Waals surface area contributed by atoms with Crippen molar-refractivity contribution in [2.75, 3.05) is 6.54 Å².